The predicted octanol–water partition coefficient (Wildman–Crippen LogP) is 9.79. The fraction of sp³-hybridized carbons (Fsp3) is 0.158. The van der Waals surface area contributed by atoms with Gasteiger partial charge >= 0.3 is 23.9 Å². The van der Waals surface area contributed by atoms with E-state index >= 15 is 0 Å². The highest BCUT2D eigenvalue weighted by atomic mass is 16.7. The maximum absolute atomic E-state index is 12.0. The van der Waals surface area contributed by atoms with Crippen molar-refractivity contribution in [2.45, 2.75) is 31.7 Å². The molecule has 0 saturated carbocycles. The van der Waals surface area contributed by atoms with Gasteiger partial charge < -0.3 is 58.0 Å². The Balaban J connectivity index is 1.03. The number of hydrogen-bond donors (Lipinski definition) is 4. The zero-order chi connectivity index (χ0) is 50.1. The Labute approximate surface area is 413 Å². The highest BCUT2D eigenvalue weighted by molar-refractivity contribution is 6.10. The molecule has 73 heavy (non-hydrogen) atoms. The van der Waals surface area contributed by atoms with Gasteiger partial charge in [-0.25, -0.2) is 19.2 Å². The van der Waals surface area contributed by atoms with Gasteiger partial charge in [0.2, 0.25) is 6.29 Å². The molecular formula is C57H42N2O14. The third-order valence-electron chi connectivity index (χ3n) is 13.7. The van der Waals surface area contributed by atoms with Gasteiger partial charge in [0.1, 0.15) is 34.5 Å². The van der Waals surface area contributed by atoms with Crippen LogP contribution in [-0.4, -0.2) is 86.2 Å². The lowest BCUT2D eigenvalue weighted by Gasteiger charge is -2.39. The van der Waals surface area contributed by atoms with Gasteiger partial charge in [-0.2, -0.15) is 0 Å². The smallest absolute Gasteiger partial charge is 0.341 e. The minimum absolute atomic E-state index is 0.229. The van der Waals surface area contributed by atoms with Crippen LogP contribution in [0, 0.1) is 0 Å². The normalized spacial score (nSPS) is 14.7. The van der Waals surface area contributed by atoms with Gasteiger partial charge in [-0.3, -0.25) is 0 Å². The Morgan fingerprint density at radius 1 is 0.438 bits per heavy atom. The van der Waals surface area contributed by atoms with Gasteiger partial charge in [-0.05, 0) is 82.2 Å². The summed E-state index contributed by atoms with van der Waals surface area (Å²) in [4.78, 5) is 46.9. The van der Waals surface area contributed by atoms with E-state index in [1.165, 1.54) is 0 Å². The van der Waals surface area contributed by atoms with Crippen LogP contribution in [-0.2, 0) is 32.3 Å². The molecule has 0 unspecified atom stereocenters. The number of para-hydroxylation sites is 2. The summed E-state index contributed by atoms with van der Waals surface area (Å²) in [5, 5.41) is 45.4. The van der Waals surface area contributed by atoms with Crippen molar-refractivity contribution < 1.29 is 68.0 Å². The van der Waals surface area contributed by atoms with Crippen LogP contribution in [0.4, 0.5) is 0 Å². The van der Waals surface area contributed by atoms with Crippen LogP contribution in [0.25, 0.3) is 65.2 Å². The van der Waals surface area contributed by atoms with Crippen LogP contribution in [0.5, 0.6) is 34.5 Å². The van der Waals surface area contributed by atoms with Gasteiger partial charge in [0.05, 0.1) is 24.1 Å². The number of aromatic nitrogens is 2. The topological polar surface area (TPSA) is 214 Å². The molecule has 0 atom stereocenters. The molecule has 8 aromatic carbocycles. The van der Waals surface area contributed by atoms with Crippen LogP contribution in [0.1, 0.15) is 34.6 Å². The monoisotopic (exact) mass is 978 g/mol. The van der Waals surface area contributed by atoms with E-state index in [0.717, 1.165) is 76.3 Å². The molecule has 2 aromatic heterocycles. The quantitative estimate of drug-likeness (QED) is 0.0710. The summed E-state index contributed by atoms with van der Waals surface area (Å²) in [6.07, 6.45) is -0.157. The first-order valence-electron chi connectivity index (χ1n) is 23.4. The lowest BCUT2D eigenvalue weighted by Crippen LogP contribution is -2.35. The summed E-state index contributed by atoms with van der Waals surface area (Å²) in [5.74, 6) is -2.04. The molecule has 10 aromatic rings. The first kappa shape index (κ1) is 44.7. The summed E-state index contributed by atoms with van der Waals surface area (Å²) >= 11 is 0. The van der Waals surface area contributed by atoms with E-state index < -0.39 is 56.6 Å². The van der Waals surface area contributed by atoms with Crippen molar-refractivity contribution in [2.24, 2.45) is 0 Å². The third-order valence-corrected chi connectivity index (χ3v) is 13.7. The van der Waals surface area contributed by atoms with E-state index in [0.29, 0.717) is 52.0 Å². The third kappa shape index (κ3) is 7.89. The van der Waals surface area contributed by atoms with Crippen molar-refractivity contribution in [1.29, 1.82) is 0 Å². The van der Waals surface area contributed by atoms with Crippen molar-refractivity contribution in [3.63, 3.8) is 0 Å². The maximum atomic E-state index is 12.0. The standard InChI is InChI=1S/C57H42N2O14/c60-51(61)26-68-30-9-11-36-34-5-1-3-7-43(34)58(45(36)21-30)24-41-32-13-19-49-56(38(32)15-17-47(41)70-28-53(64)65)40-23-55(72-49)73-50-20-14-33-39(57(40)50)16-18-48(71-29-54(66)67)42(33)25-59-44-8-4-2-6-35(44)37-12-10-31(22-46(37)59)69-27-52(62)63/h1-22,40,55H,23-29H2,(H,60,61)(H,62,63)(H,64,65)(H,66,67). The van der Waals surface area contributed by atoms with Crippen LogP contribution >= 0.6 is 0 Å². The van der Waals surface area contributed by atoms with E-state index in [9.17, 15) is 39.6 Å². The predicted molar refractivity (Wildman–Crippen MR) is 269 cm³/mol. The number of carboxylic acids is 4. The zero-order valence-electron chi connectivity index (χ0n) is 38.6. The molecule has 364 valence electrons. The Kier molecular flexibility index (Phi) is 10.9. The zero-order valence-corrected chi connectivity index (χ0v) is 38.6. The number of rotatable bonds is 16. The van der Waals surface area contributed by atoms with Crippen LogP contribution in [0.15, 0.2) is 133 Å². The molecule has 4 N–H and O–H groups in total. The number of fused-ring (bicyclic) bond motifs is 16. The number of carbonyl (C=O) groups is 4. The second kappa shape index (κ2) is 17.8. The Hall–Kier alpha value is -9.44. The highest BCUT2D eigenvalue weighted by Crippen LogP contribution is 2.54. The lowest BCUT2D eigenvalue weighted by atomic mass is 9.78. The molecule has 0 radical (unpaired) electrons. The molecule has 0 amide bonds. The molecule has 0 spiro atoms. The molecule has 16 heteroatoms. The van der Waals surface area contributed by atoms with Crippen molar-refractivity contribution in [3.05, 3.63) is 156 Å². The van der Waals surface area contributed by atoms with Crippen molar-refractivity contribution in [3.8, 4) is 34.5 Å². The second-order valence-corrected chi connectivity index (χ2v) is 18.0. The van der Waals surface area contributed by atoms with E-state index in [1.54, 1.807) is 24.3 Å². The van der Waals surface area contributed by atoms with E-state index in [1.807, 2.05) is 109 Å². The highest BCUT2D eigenvalue weighted by Gasteiger charge is 2.40. The van der Waals surface area contributed by atoms with Crippen LogP contribution in [0.3, 0.4) is 0 Å². The van der Waals surface area contributed by atoms with Crippen LogP contribution in [0.2, 0.25) is 0 Å². The number of nitrogens with zero attached hydrogens (tertiary/aromatic N) is 2. The number of benzene rings is 8. The van der Waals surface area contributed by atoms with Gasteiger partial charge in [0, 0.05) is 79.3 Å². The average Bonchev–Trinajstić information content (AvgIpc) is 3.86. The molecule has 2 aliphatic heterocycles. The van der Waals surface area contributed by atoms with Gasteiger partial charge in [0.15, 0.2) is 26.4 Å². The molecule has 16 nitrogen and oxygen atoms in total. The summed E-state index contributed by atoms with van der Waals surface area (Å²) < 4.78 is 40.7. The van der Waals surface area contributed by atoms with Gasteiger partial charge in [-0.15, -0.1) is 0 Å². The number of hydrogen-bond acceptors (Lipinski definition) is 10. The summed E-state index contributed by atoms with van der Waals surface area (Å²) in [5.41, 5.74) is 6.53. The van der Waals surface area contributed by atoms with E-state index in [4.69, 9.17) is 28.4 Å². The largest absolute Gasteiger partial charge is 0.482 e. The maximum Gasteiger partial charge on any atom is 0.341 e. The van der Waals surface area contributed by atoms with Crippen LogP contribution < -0.4 is 28.4 Å². The molecule has 0 fully saturated rings. The number of carboxylic acid groups (broad SMARTS) is 4. The summed E-state index contributed by atoms with van der Waals surface area (Å²) in [6.45, 7) is -1.74. The number of aliphatic carboxylic acids is 4. The summed E-state index contributed by atoms with van der Waals surface area (Å²) in [7, 11) is 0. The minimum Gasteiger partial charge on any atom is -0.482 e. The Morgan fingerprint density at radius 2 is 0.822 bits per heavy atom. The molecular weight excluding hydrogens is 937 g/mol. The van der Waals surface area contributed by atoms with Crippen molar-refractivity contribution in [2.75, 3.05) is 26.4 Å². The minimum atomic E-state index is -1.14. The molecule has 2 bridgehead atoms. The van der Waals surface area contributed by atoms with Gasteiger partial charge in [-0.1, -0.05) is 60.7 Å². The second-order valence-electron chi connectivity index (χ2n) is 18.0. The van der Waals surface area contributed by atoms with Crippen molar-refractivity contribution >= 4 is 89.0 Å². The fourth-order valence-electron chi connectivity index (χ4n) is 10.9. The van der Waals surface area contributed by atoms with Gasteiger partial charge in [0.25, 0.3) is 0 Å². The molecule has 0 saturated heterocycles. The molecule has 4 heterocycles. The van der Waals surface area contributed by atoms with Crippen molar-refractivity contribution in [1.82, 2.24) is 9.13 Å². The molecule has 12 rings (SSSR count). The average molecular weight is 979 g/mol. The fourth-order valence-corrected chi connectivity index (χ4v) is 10.9. The molecule has 0 aliphatic carbocycles. The van der Waals surface area contributed by atoms with E-state index in [2.05, 4.69) is 9.13 Å². The first-order valence-corrected chi connectivity index (χ1v) is 23.4. The number of ether oxygens (including phenoxy) is 6. The Bertz CT molecular complexity index is 3710. The Morgan fingerprint density at radius 3 is 1.26 bits per heavy atom. The SMILES string of the molecule is O=C(O)COc1ccc2c3ccccc3n(Cc3c(OCC(=O)O)ccc4c5c(ccc34)OC3CC5c4c(ccc5c(Cn6c7ccccc7c7ccc(OCC(=O)O)cc76)c(OCC(=O)O)ccc45)O3)c2c1. The first-order chi connectivity index (χ1) is 35.5. The summed E-state index contributed by atoms with van der Waals surface area (Å²) in [6, 6.07) is 41.9. The molecule has 2 aliphatic rings. The lowest BCUT2D eigenvalue weighted by molar-refractivity contribution is -0.140. The van der Waals surface area contributed by atoms with E-state index in [-0.39, 0.29) is 19.0 Å².